The van der Waals surface area contributed by atoms with Crippen LogP contribution in [-0.4, -0.2) is 41.8 Å². The quantitative estimate of drug-likeness (QED) is 0.361. The summed E-state index contributed by atoms with van der Waals surface area (Å²) in [6, 6.07) is 13.1. The van der Waals surface area contributed by atoms with Gasteiger partial charge >= 0.3 is 0 Å². The molecule has 0 saturated carbocycles. The number of carbonyl (C=O) groups excluding carboxylic acids is 1. The van der Waals surface area contributed by atoms with Gasteiger partial charge in [0.05, 0.1) is 33.2 Å². The van der Waals surface area contributed by atoms with Crippen LogP contribution >= 0.6 is 11.3 Å². The maximum Gasteiger partial charge on any atom is 0.249 e. The third kappa shape index (κ3) is 4.94. The zero-order valence-corrected chi connectivity index (χ0v) is 20.1. The topological polar surface area (TPSA) is 87.5 Å². The van der Waals surface area contributed by atoms with Gasteiger partial charge in [0.1, 0.15) is 17.4 Å². The van der Waals surface area contributed by atoms with Crippen molar-refractivity contribution in [1.82, 2.24) is 14.5 Å². The number of thiazole rings is 1. The molecule has 2 aromatic heterocycles. The molecule has 174 valence electrons. The van der Waals surface area contributed by atoms with Gasteiger partial charge in [-0.15, -0.1) is 11.3 Å². The summed E-state index contributed by atoms with van der Waals surface area (Å²) in [6.07, 6.45) is 4.77. The van der Waals surface area contributed by atoms with Crippen molar-refractivity contribution < 1.29 is 19.0 Å². The van der Waals surface area contributed by atoms with E-state index in [9.17, 15) is 4.79 Å². The minimum atomic E-state index is -0.291. The standard InChI is InChI=1S/C25H24N4O4S/c1-16-26-14-23(28-24(30)11-9-17-8-10-21(32-3)22(12-17)33-4)29(16)25-27-20(15-34-25)18-6-5-7-19(13-18)31-2/h5-15H,1-4H3,(H,28,30)/b11-9+. The first-order chi connectivity index (χ1) is 16.5. The molecule has 0 saturated heterocycles. The molecule has 0 atom stereocenters. The van der Waals surface area contributed by atoms with E-state index in [4.69, 9.17) is 19.2 Å². The normalized spacial score (nSPS) is 10.9. The predicted octanol–water partition coefficient (Wildman–Crippen LogP) is 4.98. The third-order valence-corrected chi connectivity index (χ3v) is 5.90. The molecule has 0 fully saturated rings. The number of hydrogen-bond donors (Lipinski definition) is 1. The molecule has 8 nitrogen and oxygen atoms in total. The van der Waals surface area contributed by atoms with Crippen molar-refractivity contribution in [2.24, 2.45) is 0 Å². The molecule has 4 rings (SSSR count). The van der Waals surface area contributed by atoms with Crippen LogP contribution in [0, 0.1) is 6.92 Å². The van der Waals surface area contributed by atoms with Crippen LogP contribution in [0.3, 0.4) is 0 Å². The van der Waals surface area contributed by atoms with E-state index in [1.54, 1.807) is 45.7 Å². The van der Waals surface area contributed by atoms with Gasteiger partial charge < -0.3 is 19.5 Å². The van der Waals surface area contributed by atoms with E-state index in [0.717, 1.165) is 22.6 Å². The summed E-state index contributed by atoms with van der Waals surface area (Å²) < 4.78 is 17.7. The van der Waals surface area contributed by atoms with Gasteiger partial charge in [0.2, 0.25) is 5.91 Å². The second-order valence-corrected chi connectivity index (χ2v) is 8.05. The molecule has 2 heterocycles. The number of hydrogen-bond acceptors (Lipinski definition) is 7. The van der Waals surface area contributed by atoms with Gasteiger partial charge in [0.15, 0.2) is 16.6 Å². The number of benzene rings is 2. The lowest BCUT2D eigenvalue weighted by Gasteiger charge is -2.08. The van der Waals surface area contributed by atoms with Crippen LogP contribution in [0.4, 0.5) is 5.82 Å². The molecule has 0 bridgehead atoms. The van der Waals surface area contributed by atoms with Gasteiger partial charge in [0, 0.05) is 17.0 Å². The Morgan fingerprint density at radius 2 is 1.88 bits per heavy atom. The second kappa shape index (κ2) is 10.2. The van der Waals surface area contributed by atoms with Crippen molar-refractivity contribution in [1.29, 1.82) is 0 Å². The summed E-state index contributed by atoms with van der Waals surface area (Å²) in [5.74, 6) is 2.94. The molecule has 1 amide bonds. The summed E-state index contributed by atoms with van der Waals surface area (Å²) in [5.41, 5.74) is 2.57. The molecule has 1 N–H and O–H groups in total. The number of amides is 1. The number of carbonyl (C=O) groups is 1. The molecule has 0 aliphatic rings. The lowest BCUT2D eigenvalue weighted by molar-refractivity contribution is -0.111. The Morgan fingerprint density at radius 3 is 2.65 bits per heavy atom. The number of rotatable bonds is 8. The van der Waals surface area contributed by atoms with E-state index in [0.29, 0.717) is 28.3 Å². The van der Waals surface area contributed by atoms with Crippen molar-refractivity contribution in [3.05, 3.63) is 71.5 Å². The minimum absolute atomic E-state index is 0.291. The fourth-order valence-electron chi connectivity index (χ4n) is 3.35. The Morgan fingerprint density at radius 1 is 1.06 bits per heavy atom. The van der Waals surface area contributed by atoms with Crippen molar-refractivity contribution >= 4 is 29.1 Å². The van der Waals surface area contributed by atoms with Crippen LogP contribution in [0.1, 0.15) is 11.4 Å². The molecule has 34 heavy (non-hydrogen) atoms. The van der Waals surface area contributed by atoms with Crippen LogP contribution in [-0.2, 0) is 4.79 Å². The van der Waals surface area contributed by atoms with E-state index >= 15 is 0 Å². The summed E-state index contributed by atoms with van der Waals surface area (Å²) in [7, 11) is 4.78. The molecule has 0 unspecified atom stereocenters. The molecule has 0 spiro atoms. The number of aryl methyl sites for hydroxylation is 1. The monoisotopic (exact) mass is 476 g/mol. The Balaban J connectivity index is 1.53. The molecule has 0 aliphatic heterocycles. The predicted molar refractivity (Wildman–Crippen MR) is 133 cm³/mol. The Labute approximate surface area is 201 Å². The van der Waals surface area contributed by atoms with Gasteiger partial charge in [-0.3, -0.25) is 9.36 Å². The highest BCUT2D eigenvalue weighted by Gasteiger charge is 2.15. The number of imidazole rings is 1. The summed E-state index contributed by atoms with van der Waals surface area (Å²) >= 11 is 1.46. The molecule has 2 aromatic carbocycles. The van der Waals surface area contributed by atoms with Crippen LogP contribution in [0.2, 0.25) is 0 Å². The first-order valence-electron chi connectivity index (χ1n) is 10.4. The molecule has 0 aliphatic carbocycles. The Bertz CT molecular complexity index is 1340. The van der Waals surface area contributed by atoms with Gasteiger partial charge in [-0.2, -0.15) is 0 Å². The van der Waals surface area contributed by atoms with E-state index < -0.39 is 0 Å². The second-order valence-electron chi connectivity index (χ2n) is 7.21. The SMILES string of the molecule is COc1cccc(-c2csc(-n3c(NC(=O)/C=C/c4ccc(OC)c(OC)c4)cnc3C)n2)c1. The number of ether oxygens (including phenoxy) is 3. The van der Waals surface area contributed by atoms with Crippen LogP contribution < -0.4 is 19.5 Å². The maximum atomic E-state index is 12.6. The molecule has 0 radical (unpaired) electrons. The van der Waals surface area contributed by atoms with Crippen LogP contribution in [0.15, 0.2) is 60.1 Å². The maximum absolute atomic E-state index is 12.6. The van der Waals surface area contributed by atoms with Crippen LogP contribution in [0.25, 0.3) is 22.5 Å². The average molecular weight is 477 g/mol. The summed E-state index contributed by atoms with van der Waals surface area (Å²) in [6.45, 7) is 1.86. The van der Waals surface area contributed by atoms with Gasteiger partial charge in [-0.1, -0.05) is 18.2 Å². The lowest BCUT2D eigenvalue weighted by Crippen LogP contribution is -2.12. The first kappa shape index (κ1) is 23.1. The highest BCUT2D eigenvalue weighted by Crippen LogP contribution is 2.30. The number of anilines is 1. The van der Waals surface area contributed by atoms with E-state index in [1.807, 2.05) is 47.2 Å². The third-order valence-electron chi connectivity index (χ3n) is 5.07. The fraction of sp³-hybridized carbons (Fsp3) is 0.160. The number of nitrogens with one attached hydrogen (secondary N) is 1. The molecule has 9 heteroatoms. The largest absolute Gasteiger partial charge is 0.497 e. The van der Waals surface area contributed by atoms with Crippen LogP contribution in [0.5, 0.6) is 17.2 Å². The Kier molecular flexibility index (Phi) is 6.93. The highest BCUT2D eigenvalue weighted by atomic mass is 32.1. The first-order valence-corrected chi connectivity index (χ1v) is 11.3. The van der Waals surface area contributed by atoms with Crippen molar-refractivity contribution in [2.75, 3.05) is 26.6 Å². The van der Waals surface area contributed by atoms with Gasteiger partial charge in [-0.05, 0) is 42.8 Å². The van der Waals surface area contributed by atoms with Crippen molar-refractivity contribution in [3.8, 4) is 33.6 Å². The van der Waals surface area contributed by atoms with Gasteiger partial charge in [0.25, 0.3) is 0 Å². The number of methoxy groups -OCH3 is 3. The molecular formula is C25H24N4O4S. The average Bonchev–Trinajstić information content (AvgIpc) is 3.49. The summed E-state index contributed by atoms with van der Waals surface area (Å²) in [4.78, 5) is 21.7. The summed E-state index contributed by atoms with van der Waals surface area (Å²) in [5, 5.41) is 5.55. The van der Waals surface area contributed by atoms with E-state index in [2.05, 4.69) is 10.3 Å². The van der Waals surface area contributed by atoms with Gasteiger partial charge in [-0.25, -0.2) is 9.97 Å². The fourth-order valence-corrected chi connectivity index (χ4v) is 4.24. The van der Waals surface area contributed by atoms with Crippen molar-refractivity contribution in [2.45, 2.75) is 6.92 Å². The smallest absolute Gasteiger partial charge is 0.249 e. The highest BCUT2D eigenvalue weighted by molar-refractivity contribution is 7.12. The molecular weight excluding hydrogens is 452 g/mol. The molecule has 4 aromatic rings. The number of nitrogens with zero attached hydrogens (tertiary/aromatic N) is 3. The Hall–Kier alpha value is -4.11. The zero-order chi connectivity index (χ0) is 24.1. The van der Waals surface area contributed by atoms with Crippen molar-refractivity contribution in [3.63, 3.8) is 0 Å². The van der Waals surface area contributed by atoms with E-state index in [1.165, 1.54) is 17.4 Å². The lowest BCUT2D eigenvalue weighted by atomic mass is 10.2. The minimum Gasteiger partial charge on any atom is -0.497 e. The number of aromatic nitrogens is 3. The zero-order valence-electron chi connectivity index (χ0n) is 19.2. The van der Waals surface area contributed by atoms with E-state index in [-0.39, 0.29) is 5.91 Å².